The van der Waals surface area contributed by atoms with Crippen LogP contribution in [0.25, 0.3) is 15.2 Å². The smallest absolute Gasteiger partial charge is 0.282 e. The van der Waals surface area contributed by atoms with Crippen molar-refractivity contribution in [1.82, 2.24) is 9.38 Å². The standard InChI is InChI=1S/C21H19N3O3S/c1-3-10-27-15-8-9-17-18(11-15)28-21-22-12-16(20(26)24(17)21)23-19(25)14-6-4-13(2)5-7-14/h4-9,11-12H,3,10H2,1-2H3,(H,23,25). The lowest BCUT2D eigenvalue weighted by Crippen LogP contribution is -2.22. The van der Waals surface area contributed by atoms with Gasteiger partial charge in [0.05, 0.1) is 23.0 Å². The summed E-state index contributed by atoms with van der Waals surface area (Å²) in [5, 5.41) is 2.68. The SMILES string of the molecule is CCCOc1ccc2c(c1)sc1ncc(NC(=O)c3ccc(C)cc3)c(=O)n12. The second-order valence-corrected chi connectivity index (χ2v) is 7.50. The van der Waals surface area contributed by atoms with E-state index in [1.165, 1.54) is 21.9 Å². The van der Waals surface area contributed by atoms with Crippen molar-refractivity contribution in [2.45, 2.75) is 20.3 Å². The quantitative estimate of drug-likeness (QED) is 0.550. The van der Waals surface area contributed by atoms with Crippen LogP contribution < -0.4 is 15.6 Å². The molecule has 0 spiro atoms. The maximum Gasteiger partial charge on any atom is 0.282 e. The molecule has 7 heteroatoms. The molecule has 0 aliphatic carbocycles. The van der Waals surface area contributed by atoms with Gasteiger partial charge in [-0.1, -0.05) is 36.0 Å². The Morgan fingerprint density at radius 3 is 2.75 bits per heavy atom. The lowest BCUT2D eigenvalue weighted by Gasteiger charge is -2.06. The third-order valence-electron chi connectivity index (χ3n) is 4.34. The van der Waals surface area contributed by atoms with Gasteiger partial charge in [-0.05, 0) is 43.7 Å². The van der Waals surface area contributed by atoms with E-state index in [0.717, 1.165) is 28.0 Å². The molecule has 0 bridgehead atoms. The molecule has 6 nitrogen and oxygen atoms in total. The van der Waals surface area contributed by atoms with Crippen LogP contribution in [-0.4, -0.2) is 21.9 Å². The Hall–Kier alpha value is -3.19. The number of aromatic nitrogens is 2. The molecule has 0 saturated heterocycles. The van der Waals surface area contributed by atoms with Crippen LogP contribution >= 0.6 is 11.3 Å². The summed E-state index contributed by atoms with van der Waals surface area (Å²) in [5.74, 6) is 0.426. The maximum atomic E-state index is 13.0. The Bertz CT molecular complexity index is 1230. The molecule has 2 aromatic heterocycles. The Balaban J connectivity index is 1.71. The number of carbonyl (C=O) groups excluding carboxylic acids is 1. The number of amides is 1. The Kier molecular flexibility index (Phi) is 4.83. The molecule has 142 valence electrons. The zero-order valence-corrected chi connectivity index (χ0v) is 16.4. The minimum absolute atomic E-state index is 0.147. The number of rotatable bonds is 5. The van der Waals surface area contributed by atoms with Crippen molar-refractivity contribution in [2.75, 3.05) is 11.9 Å². The molecule has 4 rings (SSSR count). The van der Waals surface area contributed by atoms with Gasteiger partial charge in [0.1, 0.15) is 11.4 Å². The summed E-state index contributed by atoms with van der Waals surface area (Å²) in [6.07, 6.45) is 2.34. The first-order valence-corrected chi connectivity index (χ1v) is 9.83. The number of hydrogen-bond donors (Lipinski definition) is 1. The number of hydrogen-bond acceptors (Lipinski definition) is 5. The zero-order valence-electron chi connectivity index (χ0n) is 15.6. The van der Waals surface area contributed by atoms with Crippen molar-refractivity contribution in [3.63, 3.8) is 0 Å². The molecule has 0 radical (unpaired) electrons. The minimum Gasteiger partial charge on any atom is -0.494 e. The van der Waals surface area contributed by atoms with Gasteiger partial charge in [0.2, 0.25) is 0 Å². The van der Waals surface area contributed by atoms with E-state index in [2.05, 4.69) is 10.3 Å². The van der Waals surface area contributed by atoms with Gasteiger partial charge in [-0.25, -0.2) is 9.38 Å². The van der Waals surface area contributed by atoms with Gasteiger partial charge in [-0.3, -0.25) is 9.59 Å². The maximum absolute atomic E-state index is 13.0. The van der Waals surface area contributed by atoms with E-state index in [1.807, 2.05) is 44.2 Å². The fraction of sp³-hybridized carbons (Fsp3) is 0.190. The number of thiazole rings is 1. The summed E-state index contributed by atoms with van der Waals surface area (Å²) in [7, 11) is 0. The number of nitrogens with zero attached hydrogens (tertiary/aromatic N) is 2. The average molecular weight is 393 g/mol. The fourth-order valence-electron chi connectivity index (χ4n) is 2.88. The van der Waals surface area contributed by atoms with E-state index in [0.29, 0.717) is 17.1 Å². The number of benzene rings is 2. The Labute approximate surface area is 165 Å². The van der Waals surface area contributed by atoms with Crippen molar-refractivity contribution < 1.29 is 9.53 Å². The summed E-state index contributed by atoms with van der Waals surface area (Å²) in [4.78, 5) is 30.4. The van der Waals surface area contributed by atoms with Crippen molar-refractivity contribution in [1.29, 1.82) is 0 Å². The topological polar surface area (TPSA) is 72.7 Å². The highest BCUT2D eigenvalue weighted by atomic mass is 32.1. The molecular weight excluding hydrogens is 374 g/mol. The van der Waals surface area contributed by atoms with Crippen LogP contribution in [-0.2, 0) is 0 Å². The van der Waals surface area contributed by atoms with Crippen molar-refractivity contribution in [3.05, 3.63) is 70.1 Å². The molecule has 1 N–H and O–H groups in total. The van der Waals surface area contributed by atoms with E-state index in [-0.39, 0.29) is 17.2 Å². The molecule has 0 aliphatic rings. The first-order chi connectivity index (χ1) is 13.6. The van der Waals surface area contributed by atoms with Gasteiger partial charge >= 0.3 is 0 Å². The fourth-order valence-corrected chi connectivity index (χ4v) is 3.89. The molecule has 2 aromatic carbocycles. The largest absolute Gasteiger partial charge is 0.494 e. The monoisotopic (exact) mass is 393 g/mol. The van der Waals surface area contributed by atoms with Crippen molar-refractivity contribution in [3.8, 4) is 5.75 Å². The molecule has 0 saturated carbocycles. The number of ether oxygens (including phenoxy) is 1. The third-order valence-corrected chi connectivity index (χ3v) is 5.35. The number of fused-ring (bicyclic) bond motifs is 3. The van der Waals surface area contributed by atoms with Crippen LogP contribution in [0.15, 0.2) is 53.5 Å². The van der Waals surface area contributed by atoms with E-state index in [9.17, 15) is 9.59 Å². The molecule has 0 unspecified atom stereocenters. The lowest BCUT2D eigenvalue weighted by atomic mass is 10.1. The van der Waals surface area contributed by atoms with Crippen LogP contribution in [0.3, 0.4) is 0 Å². The molecule has 0 fully saturated rings. The molecular formula is C21H19N3O3S. The second kappa shape index (κ2) is 7.44. The summed E-state index contributed by atoms with van der Waals surface area (Å²) in [5.41, 5.74) is 2.13. The number of carbonyl (C=O) groups is 1. The molecule has 0 aliphatic heterocycles. The van der Waals surface area contributed by atoms with Crippen LogP contribution in [0.4, 0.5) is 5.69 Å². The highest BCUT2D eigenvalue weighted by Crippen LogP contribution is 2.28. The minimum atomic E-state index is -0.339. The van der Waals surface area contributed by atoms with Crippen molar-refractivity contribution in [2.24, 2.45) is 0 Å². The van der Waals surface area contributed by atoms with E-state index < -0.39 is 0 Å². The van der Waals surface area contributed by atoms with Gasteiger partial charge in [0, 0.05) is 5.56 Å². The summed E-state index contributed by atoms with van der Waals surface area (Å²) < 4.78 is 8.09. The summed E-state index contributed by atoms with van der Waals surface area (Å²) in [6, 6.07) is 12.8. The predicted molar refractivity (Wildman–Crippen MR) is 112 cm³/mol. The highest BCUT2D eigenvalue weighted by molar-refractivity contribution is 7.23. The predicted octanol–water partition coefficient (Wildman–Crippen LogP) is 4.26. The molecule has 1 amide bonds. The molecule has 28 heavy (non-hydrogen) atoms. The first kappa shape index (κ1) is 18.2. The van der Waals surface area contributed by atoms with E-state index >= 15 is 0 Å². The van der Waals surface area contributed by atoms with Crippen LogP contribution in [0, 0.1) is 6.92 Å². The Morgan fingerprint density at radius 2 is 2.00 bits per heavy atom. The van der Waals surface area contributed by atoms with Gasteiger partial charge in [-0.2, -0.15) is 0 Å². The number of nitrogens with one attached hydrogen (secondary N) is 1. The van der Waals surface area contributed by atoms with Gasteiger partial charge < -0.3 is 10.1 Å². The first-order valence-electron chi connectivity index (χ1n) is 9.02. The van der Waals surface area contributed by atoms with Gasteiger partial charge in [-0.15, -0.1) is 0 Å². The van der Waals surface area contributed by atoms with Gasteiger partial charge in [0.25, 0.3) is 11.5 Å². The highest BCUT2D eigenvalue weighted by Gasteiger charge is 2.14. The van der Waals surface area contributed by atoms with Crippen LogP contribution in [0.5, 0.6) is 5.75 Å². The molecule has 4 aromatic rings. The van der Waals surface area contributed by atoms with E-state index in [1.54, 1.807) is 12.1 Å². The summed E-state index contributed by atoms with van der Waals surface area (Å²) >= 11 is 1.41. The number of aryl methyl sites for hydroxylation is 1. The normalized spacial score (nSPS) is 11.1. The van der Waals surface area contributed by atoms with Crippen LogP contribution in [0.1, 0.15) is 29.3 Å². The lowest BCUT2D eigenvalue weighted by molar-refractivity contribution is 0.102. The molecule has 0 atom stereocenters. The van der Waals surface area contributed by atoms with Gasteiger partial charge in [0.15, 0.2) is 4.96 Å². The second-order valence-electron chi connectivity index (χ2n) is 6.50. The molecule has 2 heterocycles. The zero-order chi connectivity index (χ0) is 19.7. The Morgan fingerprint density at radius 1 is 1.21 bits per heavy atom. The van der Waals surface area contributed by atoms with Crippen LogP contribution in [0.2, 0.25) is 0 Å². The third kappa shape index (κ3) is 3.36. The van der Waals surface area contributed by atoms with E-state index in [4.69, 9.17) is 4.74 Å². The summed E-state index contributed by atoms with van der Waals surface area (Å²) in [6.45, 7) is 4.64. The number of anilines is 1. The van der Waals surface area contributed by atoms with Crippen molar-refractivity contribution >= 4 is 38.1 Å². The average Bonchev–Trinajstić information content (AvgIpc) is 3.07.